The average Bonchev–Trinajstić information content (AvgIpc) is 3.33. The van der Waals surface area contributed by atoms with Gasteiger partial charge >= 0.3 is 6.09 Å². The Morgan fingerprint density at radius 3 is 2.69 bits per heavy atom. The summed E-state index contributed by atoms with van der Waals surface area (Å²) < 4.78 is 7.73. The fraction of sp³-hybridized carbons (Fsp3) is 0.591. The van der Waals surface area contributed by atoms with Crippen molar-refractivity contribution in [3.8, 4) is 0 Å². The number of likely N-dealkylation sites (tertiary alicyclic amines) is 2. The second-order valence-electron chi connectivity index (χ2n) is 9.05. The smallest absolute Gasteiger partial charge is 0.410 e. The van der Waals surface area contributed by atoms with E-state index in [0.717, 1.165) is 30.3 Å². The van der Waals surface area contributed by atoms with Crippen molar-refractivity contribution in [3.63, 3.8) is 0 Å². The van der Waals surface area contributed by atoms with Crippen LogP contribution in [0.15, 0.2) is 30.6 Å². The number of carbonyl (C=O) groups is 2. The van der Waals surface area contributed by atoms with Gasteiger partial charge in [-0.05, 0) is 58.6 Å². The van der Waals surface area contributed by atoms with Crippen LogP contribution in [-0.4, -0.2) is 62.6 Å². The zero-order valence-corrected chi connectivity index (χ0v) is 17.5. The molecule has 0 saturated carbocycles. The number of aromatic nitrogens is 2. The van der Waals surface area contributed by atoms with Gasteiger partial charge < -0.3 is 14.2 Å². The Kier molecular flexibility index (Phi) is 5.23. The van der Waals surface area contributed by atoms with Gasteiger partial charge in [0.05, 0.1) is 23.4 Å². The third-order valence-electron chi connectivity index (χ3n) is 5.77. The van der Waals surface area contributed by atoms with Crippen LogP contribution in [0.2, 0.25) is 0 Å². The normalized spacial score (nSPS) is 22.9. The molecule has 2 saturated heterocycles. The molecule has 156 valence electrons. The van der Waals surface area contributed by atoms with E-state index in [0.29, 0.717) is 26.1 Å². The summed E-state index contributed by atoms with van der Waals surface area (Å²) >= 11 is 0. The minimum absolute atomic E-state index is 0.0440. The zero-order chi connectivity index (χ0) is 20.6. The topological polar surface area (TPSA) is 67.7 Å². The van der Waals surface area contributed by atoms with Gasteiger partial charge in [-0.2, -0.15) is 0 Å². The van der Waals surface area contributed by atoms with Gasteiger partial charge in [0.15, 0.2) is 0 Å². The Bertz CT molecular complexity index is 901. The Labute approximate surface area is 171 Å². The van der Waals surface area contributed by atoms with Crippen molar-refractivity contribution in [2.75, 3.05) is 19.6 Å². The van der Waals surface area contributed by atoms with Crippen molar-refractivity contribution in [1.29, 1.82) is 0 Å². The van der Waals surface area contributed by atoms with Crippen LogP contribution in [0.3, 0.4) is 0 Å². The van der Waals surface area contributed by atoms with E-state index in [9.17, 15) is 9.59 Å². The molecule has 1 aromatic carbocycles. The lowest BCUT2D eigenvalue weighted by Gasteiger charge is -2.37. The maximum absolute atomic E-state index is 13.3. The standard InChI is InChI=1S/C22H30N4O3/c1-22(2,3)29-21(28)25-12-7-6-10-19(25)20(27)24-13-11-16(14-24)26-15-23-17-8-4-5-9-18(17)26/h4-5,8-9,15-16,19H,6-7,10-14H2,1-3H3/t16-,19+/m0/s1. The maximum atomic E-state index is 13.3. The molecule has 2 fully saturated rings. The van der Waals surface area contributed by atoms with Gasteiger partial charge in [0, 0.05) is 19.6 Å². The molecule has 4 rings (SSSR count). The molecular weight excluding hydrogens is 368 g/mol. The van der Waals surface area contributed by atoms with Gasteiger partial charge in [-0.1, -0.05) is 12.1 Å². The number of hydrogen-bond acceptors (Lipinski definition) is 4. The highest BCUT2D eigenvalue weighted by molar-refractivity contribution is 5.86. The van der Waals surface area contributed by atoms with Crippen LogP contribution in [0.4, 0.5) is 4.79 Å². The first-order valence-corrected chi connectivity index (χ1v) is 10.5. The molecule has 1 aromatic heterocycles. The predicted octanol–water partition coefficient (Wildman–Crippen LogP) is 3.60. The lowest BCUT2D eigenvalue weighted by molar-refractivity contribution is -0.137. The number of ether oxygens (including phenoxy) is 1. The van der Waals surface area contributed by atoms with E-state index < -0.39 is 11.6 Å². The highest BCUT2D eigenvalue weighted by Crippen LogP contribution is 2.29. The number of imidazole rings is 1. The summed E-state index contributed by atoms with van der Waals surface area (Å²) in [6.45, 7) is 7.49. The average molecular weight is 399 g/mol. The van der Waals surface area contributed by atoms with E-state index in [2.05, 4.69) is 15.6 Å². The summed E-state index contributed by atoms with van der Waals surface area (Å²) in [6.07, 6.45) is 4.95. The molecule has 0 N–H and O–H groups in total. The fourth-order valence-corrected chi connectivity index (χ4v) is 4.38. The third kappa shape index (κ3) is 4.09. The predicted molar refractivity (Wildman–Crippen MR) is 111 cm³/mol. The number of nitrogens with zero attached hydrogens (tertiary/aromatic N) is 4. The number of hydrogen-bond donors (Lipinski definition) is 0. The third-order valence-corrected chi connectivity index (χ3v) is 5.77. The highest BCUT2D eigenvalue weighted by Gasteiger charge is 2.39. The van der Waals surface area contributed by atoms with Crippen LogP contribution in [0.25, 0.3) is 11.0 Å². The number of amides is 2. The first-order valence-electron chi connectivity index (χ1n) is 10.5. The molecule has 7 nitrogen and oxygen atoms in total. The SMILES string of the molecule is CC(C)(C)OC(=O)N1CCCC[C@@H]1C(=O)N1CC[C@H](n2cnc3ccccc32)C1. The lowest BCUT2D eigenvalue weighted by atomic mass is 10.0. The monoisotopic (exact) mass is 398 g/mol. The van der Waals surface area contributed by atoms with Crippen LogP contribution in [0, 0.1) is 0 Å². The van der Waals surface area contributed by atoms with Gasteiger partial charge in [0.25, 0.3) is 0 Å². The van der Waals surface area contributed by atoms with E-state index in [1.807, 2.05) is 50.2 Å². The molecule has 0 aliphatic carbocycles. The second kappa shape index (κ2) is 7.69. The van der Waals surface area contributed by atoms with Gasteiger partial charge in [-0.25, -0.2) is 9.78 Å². The Balaban J connectivity index is 1.46. The molecule has 0 radical (unpaired) electrons. The van der Waals surface area contributed by atoms with Crippen molar-refractivity contribution in [2.24, 2.45) is 0 Å². The molecule has 0 unspecified atom stereocenters. The molecule has 2 aromatic rings. The largest absolute Gasteiger partial charge is 0.444 e. The Morgan fingerprint density at radius 1 is 1.10 bits per heavy atom. The van der Waals surface area contributed by atoms with Crippen molar-refractivity contribution >= 4 is 23.0 Å². The zero-order valence-electron chi connectivity index (χ0n) is 17.5. The molecule has 3 heterocycles. The number of fused-ring (bicyclic) bond motifs is 1. The van der Waals surface area contributed by atoms with Crippen molar-refractivity contribution < 1.29 is 14.3 Å². The summed E-state index contributed by atoms with van der Waals surface area (Å²) in [5.74, 6) is 0.0440. The molecule has 0 bridgehead atoms. The Hall–Kier alpha value is -2.57. The molecule has 0 spiro atoms. The van der Waals surface area contributed by atoms with Gasteiger partial charge in [0.1, 0.15) is 11.6 Å². The van der Waals surface area contributed by atoms with Crippen molar-refractivity contribution in [3.05, 3.63) is 30.6 Å². The minimum Gasteiger partial charge on any atom is -0.444 e. The van der Waals surface area contributed by atoms with E-state index in [4.69, 9.17) is 4.74 Å². The fourth-order valence-electron chi connectivity index (χ4n) is 4.38. The minimum atomic E-state index is -0.566. The first-order chi connectivity index (χ1) is 13.8. The number of para-hydroxylation sites is 2. The summed E-state index contributed by atoms with van der Waals surface area (Å²) in [4.78, 5) is 34.0. The summed E-state index contributed by atoms with van der Waals surface area (Å²) in [5, 5.41) is 0. The van der Waals surface area contributed by atoms with E-state index >= 15 is 0 Å². The summed E-state index contributed by atoms with van der Waals surface area (Å²) in [6, 6.07) is 7.86. The number of rotatable bonds is 2. The number of benzene rings is 1. The van der Waals surface area contributed by atoms with Crippen molar-refractivity contribution in [2.45, 2.75) is 64.1 Å². The highest BCUT2D eigenvalue weighted by atomic mass is 16.6. The maximum Gasteiger partial charge on any atom is 0.410 e. The quantitative estimate of drug-likeness (QED) is 0.775. The van der Waals surface area contributed by atoms with Crippen LogP contribution >= 0.6 is 0 Å². The number of piperidine rings is 1. The molecule has 2 atom stereocenters. The first kappa shape index (κ1) is 19.7. The lowest BCUT2D eigenvalue weighted by Crippen LogP contribution is -2.53. The molecular formula is C22H30N4O3. The van der Waals surface area contributed by atoms with Crippen molar-refractivity contribution in [1.82, 2.24) is 19.4 Å². The number of carbonyl (C=O) groups excluding carboxylic acids is 2. The molecule has 2 aliphatic heterocycles. The van der Waals surface area contributed by atoms with Gasteiger partial charge in [-0.15, -0.1) is 0 Å². The molecule has 29 heavy (non-hydrogen) atoms. The summed E-state index contributed by atoms with van der Waals surface area (Å²) in [7, 11) is 0. The van der Waals surface area contributed by atoms with E-state index in [1.54, 1.807) is 4.90 Å². The van der Waals surface area contributed by atoms with Crippen LogP contribution in [-0.2, 0) is 9.53 Å². The molecule has 2 amide bonds. The second-order valence-corrected chi connectivity index (χ2v) is 9.05. The van der Waals surface area contributed by atoms with E-state index in [-0.39, 0.29) is 18.0 Å². The van der Waals surface area contributed by atoms with Gasteiger partial charge in [0.2, 0.25) is 5.91 Å². The van der Waals surface area contributed by atoms with E-state index in [1.165, 1.54) is 0 Å². The van der Waals surface area contributed by atoms with Crippen LogP contribution in [0.5, 0.6) is 0 Å². The van der Waals surface area contributed by atoms with Gasteiger partial charge in [-0.3, -0.25) is 9.69 Å². The van der Waals surface area contributed by atoms with Crippen LogP contribution in [0.1, 0.15) is 52.5 Å². The molecule has 2 aliphatic rings. The van der Waals surface area contributed by atoms with Crippen LogP contribution < -0.4 is 0 Å². The Morgan fingerprint density at radius 2 is 1.90 bits per heavy atom. The molecule has 7 heteroatoms. The summed E-state index contributed by atoms with van der Waals surface area (Å²) in [5.41, 5.74) is 1.50.